The van der Waals surface area contributed by atoms with Gasteiger partial charge in [0.15, 0.2) is 5.78 Å². The van der Waals surface area contributed by atoms with Gasteiger partial charge in [0.05, 0.1) is 0 Å². The first-order valence-corrected chi connectivity index (χ1v) is 5.11. The van der Waals surface area contributed by atoms with Gasteiger partial charge >= 0.3 is 0 Å². The van der Waals surface area contributed by atoms with E-state index >= 15 is 0 Å². The second kappa shape index (κ2) is 4.56. The van der Waals surface area contributed by atoms with Crippen LogP contribution in [0.2, 0.25) is 0 Å². The summed E-state index contributed by atoms with van der Waals surface area (Å²) in [5.41, 5.74) is 1.85. The van der Waals surface area contributed by atoms with E-state index in [1.54, 1.807) is 6.92 Å². The number of carbonyl (C=O) groups is 1. The number of rotatable bonds is 3. The lowest BCUT2D eigenvalue weighted by Crippen LogP contribution is -2.01. The summed E-state index contributed by atoms with van der Waals surface area (Å²) in [4.78, 5) is 11.3. The standard InChI is InChI=1S/C11H13BrO/c1-8(2)11(13)7-9-3-5-10(12)6-4-9/h3,5H,1,4,6-7H2,2H3. The van der Waals surface area contributed by atoms with E-state index in [9.17, 15) is 4.79 Å². The highest BCUT2D eigenvalue weighted by molar-refractivity contribution is 9.11. The van der Waals surface area contributed by atoms with E-state index in [0.717, 1.165) is 12.8 Å². The zero-order chi connectivity index (χ0) is 9.84. The normalized spacial score (nSPS) is 16.2. The van der Waals surface area contributed by atoms with Crippen LogP contribution in [0.3, 0.4) is 0 Å². The molecule has 0 aromatic heterocycles. The molecular weight excluding hydrogens is 228 g/mol. The lowest BCUT2D eigenvalue weighted by molar-refractivity contribution is -0.114. The fourth-order valence-corrected chi connectivity index (χ4v) is 1.49. The van der Waals surface area contributed by atoms with Gasteiger partial charge in [0.25, 0.3) is 0 Å². The molecule has 0 radical (unpaired) electrons. The molecule has 13 heavy (non-hydrogen) atoms. The van der Waals surface area contributed by atoms with Crippen LogP contribution >= 0.6 is 15.9 Å². The quantitative estimate of drug-likeness (QED) is 0.691. The number of hydrogen-bond donors (Lipinski definition) is 0. The SMILES string of the molecule is C=C(C)C(=O)CC1=CC=C(Br)CC1. The fraction of sp³-hybridized carbons (Fsp3) is 0.364. The summed E-state index contributed by atoms with van der Waals surface area (Å²) in [7, 11) is 0. The summed E-state index contributed by atoms with van der Waals surface area (Å²) in [6, 6.07) is 0. The van der Waals surface area contributed by atoms with Crippen LogP contribution in [0.1, 0.15) is 26.2 Å². The van der Waals surface area contributed by atoms with Crippen molar-refractivity contribution in [3.63, 3.8) is 0 Å². The Morgan fingerprint density at radius 3 is 2.69 bits per heavy atom. The molecule has 0 aromatic rings. The second-order valence-electron chi connectivity index (χ2n) is 3.32. The molecule has 0 aromatic carbocycles. The molecule has 0 atom stereocenters. The van der Waals surface area contributed by atoms with E-state index < -0.39 is 0 Å². The molecule has 0 saturated heterocycles. The smallest absolute Gasteiger partial charge is 0.162 e. The van der Waals surface area contributed by atoms with Crippen molar-refractivity contribution in [2.75, 3.05) is 0 Å². The summed E-state index contributed by atoms with van der Waals surface area (Å²) in [5, 5.41) is 0. The Morgan fingerprint density at radius 2 is 2.23 bits per heavy atom. The Bertz CT molecular complexity index is 297. The van der Waals surface area contributed by atoms with E-state index in [4.69, 9.17) is 0 Å². The van der Waals surface area contributed by atoms with Gasteiger partial charge in [0.2, 0.25) is 0 Å². The van der Waals surface area contributed by atoms with Gasteiger partial charge in [-0.1, -0.05) is 40.2 Å². The highest BCUT2D eigenvalue weighted by Crippen LogP contribution is 2.24. The number of halogens is 1. The lowest BCUT2D eigenvalue weighted by Gasteiger charge is -2.10. The van der Waals surface area contributed by atoms with Crippen molar-refractivity contribution >= 4 is 21.7 Å². The van der Waals surface area contributed by atoms with Crippen molar-refractivity contribution < 1.29 is 4.79 Å². The van der Waals surface area contributed by atoms with Gasteiger partial charge < -0.3 is 0 Å². The molecule has 0 bridgehead atoms. The Kier molecular flexibility index (Phi) is 3.67. The molecule has 0 fully saturated rings. The third-order valence-corrected chi connectivity index (χ3v) is 2.71. The molecular formula is C11H13BrO. The van der Waals surface area contributed by atoms with Crippen molar-refractivity contribution in [2.24, 2.45) is 0 Å². The number of allylic oxidation sites excluding steroid dienone is 5. The summed E-state index contributed by atoms with van der Waals surface area (Å²) < 4.78 is 1.21. The van der Waals surface area contributed by atoms with Crippen LogP contribution in [0.5, 0.6) is 0 Å². The first-order chi connectivity index (χ1) is 6.09. The van der Waals surface area contributed by atoms with Crippen LogP contribution in [0.15, 0.2) is 34.4 Å². The first kappa shape index (κ1) is 10.5. The molecule has 0 spiro atoms. The molecule has 0 aliphatic heterocycles. The number of ketones is 1. The van der Waals surface area contributed by atoms with Crippen LogP contribution in [0, 0.1) is 0 Å². The zero-order valence-electron chi connectivity index (χ0n) is 7.77. The maximum absolute atomic E-state index is 11.3. The van der Waals surface area contributed by atoms with Gasteiger partial charge in [0.1, 0.15) is 0 Å². The third-order valence-electron chi connectivity index (χ3n) is 2.05. The minimum atomic E-state index is 0.151. The maximum atomic E-state index is 11.3. The number of carbonyl (C=O) groups excluding carboxylic acids is 1. The van der Waals surface area contributed by atoms with Crippen molar-refractivity contribution in [3.05, 3.63) is 34.4 Å². The van der Waals surface area contributed by atoms with Crippen LogP contribution in [-0.2, 0) is 4.79 Å². The predicted molar refractivity (Wildman–Crippen MR) is 58.8 cm³/mol. The van der Waals surface area contributed by atoms with Gasteiger partial charge in [-0.05, 0) is 29.8 Å². The van der Waals surface area contributed by atoms with E-state index in [2.05, 4.69) is 22.5 Å². The highest BCUT2D eigenvalue weighted by Gasteiger charge is 2.09. The van der Waals surface area contributed by atoms with E-state index in [-0.39, 0.29) is 5.78 Å². The summed E-state index contributed by atoms with van der Waals surface area (Å²) in [5.74, 6) is 0.151. The van der Waals surface area contributed by atoms with Gasteiger partial charge in [-0.25, -0.2) is 0 Å². The molecule has 0 unspecified atom stereocenters. The Labute approximate surface area is 87.3 Å². The van der Waals surface area contributed by atoms with Crippen LogP contribution in [0.25, 0.3) is 0 Å². The Morgan fingerprint density at radius 1 is 1.54 bits per heavy atom. The maximum Gasteiger partial charge on any atom is 0.162 e. The van der Waals surface area contributed by atoms with E-state index in [1.165, 1.54) is 10.1 Å². The fourth-order valence-electron chi connectivity index (χ4n) is 1.16. The zero-order valence-corrected chi connectivity index (χ0v) is 9.36. The van der Waals surface area contributed by atoms with E-state index in [0.29, 0.717) is 12.0 Å². The largest absolute Gasteiger partial charge is 0.294 e. The van der Waals surface area contributed by atoms with Crippen molar-refractivity contribution in [2.45, 2.75) is 26.2 Å². The molecule has 0 heterocycles. The monoisotopic (exact) mass is 240 g/mol. The Balaban J connectivity index is 2.56. The Hall–Kier alpha value is -0.630. The number of Topliss-reactive ketones (excluding diaryl/α,β-unsaturated/α-hetero) is 1. The minimum absolute atomic E-state index is 0.151. The second-order valence-corrected chi connectivity index (χ2v) is 4.34. The average molecular weight is 241 g/mol. The molecule has 0 amide bonds. The van der Waals surface area contributed by atoms with Crippen LogP contribution in [0.4, 0.5) is 0 Å². The number of hydrogen-bond acceptors (Lipinski definition) is 1. The van der Waals surface area contributed by atoms with Gasteiger partial charge in [0, 0.05) is 6.42 Å². The lowest BCUT2D eigenvalue weighted by atomic mass is 9.98. The molecule has 0 N–H and O–H groups in total. The average Bonchev–Trinajstić information content (AvgIpc) is 2.08. The molecule has 2 heteroatoms. The summed E-state index contributed by atoms with van der Waals surface area (Å²) in [6.45, 7) is 5.40. The summed E-state index contributed by atoms with van der Waals surface area (Å²) >= 11 is 3.42. The summed E-state index contributed by atoms with van der Waals surface area (Å²) in [6.07, 6.45) is 6.57. The van der Waals surface area contributed by atoms with Crippen molar-refractivity contribution in [3.8, 4) is 0 Å². The predicted octanol–water partition coefficient (Wildman–Crippen LogP) is 3.52. The molecule has 0 saturated carbocycles. The van der Waals surface area contributed by atoms with Crippen LogP contribution in [-0.4, -0.2) is 5.78 Å². The third kappa shape index (κ3) is 3.31. The van der Waals surface area contributed by atoms with Crippen LogP contribution < -0.4 is 0 Å². The van der Waals surface area contributed by atoms with Gasteiger partial charge in [-0.2, -0.15) is 0 Å². The molecule has 1 aliphatic carbocycles. The van der Waals surface area contributed by atoms with Crippen molar-refractivity contribution in [1.29, 1.82) is 0 Å². The van der Waals surface area contributed by atoms with Gasteiger partial charge in [-0.15, -0.1) is 0 Å². The molecule has 1 nitrogen and oxygen atoms in total. The topological polar surface area (TPSA) is 17.1 Å². The van der Waals surface area contributed by atoms with Gasteiger partial charge in [-0.3, -0.25) is 4.79 Å². The molecule has 70 valence electrons. The minimum Gasteiger partial charge on any atom is -0.294 e. The van der Waals surface area contributed by atoms with Crippen molar-refractivity contribution in [1.82, 2.24) is 0 Å². The molecule has 1 rings (SSSR count). The van der Waals surface area contributed by atoms with E-state index in [1.807, 2.05) is 12.2 Å². The molecule has 1 aliphatic rings. The first-order valence-electron chi connectivity index (χ1n) is 4.32. The highest BCUT2D eigenvalue weighted by atomic mass is 79.9.